The number of aryl methyl sites for hydroxylation is 2. The number of para-hydroxylation sites is 1. The highest BCUT2D eigenvalue weighted by molar-refractivity contribution is 9.10. The Morgan fingerprint density at radius 1 is 1.16 bits per heavy atom. The molecule has 32 heavy (non-hydrogen) atoms. The normalized spacial score (nSPS) is 11.2. The van der Waals surface area contributed by atoms with E-state index >= 15 is 0 Å². The Labute approximate surface area is 197 Å². The van der Waals surface area contributed by atoms with Gasteiger partial charge in [-0.2, -0.15) is 10.2 Å². The maximum atomic E-state index is 12.3. The van der Waals surface area contributed by atoms with Crippen molar-refractivity contribution < 1.29 is 4.79 Å². The molecule has 4 rings (SSSR count). The van der Waals surface area contributed by atoms with E-state index in [9.17, 15) is 4.79 Å². The molecule has 2 heterocycles. The zero-order valence-corrected chi connectivity index (χ0v) is 19.8. The van der Waals surface area contributed by atoms with Gasteiger partial charge < -0.3 is 0 Å². The van der Waals surface area contributed by atoms with E-state index in [0.717, 1.165) is 27.1 Å². The molecule has 1 N–H and O–H groups in total. The second-order valence-corrected chi connectivity index (χ2v) is 8.76. The number of benzene rings is 2. The third-order valence-corrected chi connectivity index (χ3v) is 5.91. The predicted octanol–water partition coefficient (Wildman–Crippen LogP) is 3.98. The van der Waals surface area contributed by atoms with Crippen LogP contribution in [0.25, 0.3) is 17.1 Å². The Bertz CT molecular complexity index is 1270. The molecule has 0 atom stereocenters. The summed E-state index contributed by atoms with van der Waals surface area (Å²) in [5.74, 6) is 0.604. The Morgan fingerprint density at radius 2 is 1.97 bits per heavy atom. The fourth-order valence-electron chi connectivity index (χ4n) is 3.07. The summed E-state index contributed by atoms with van der Waals surface area (Å²) in [4.78, 5) is 12.3. The maximum absolute atomic E-state index is 12.3. The number of thioether (sulfide) groups is 1. The first-order valence-electron chi connectivity index (χ1n) is 9.73. The molecule has 0 aliphatic heterocycles. The van der Waals surface area contributed by atoms with Gasteiger partial charge in [0, 0.05) is 22.8 Å². The summed E-state index contributed by atoms with van der Waals surface area (Å²) in [6.07, 6.45) is 1.57. The highest BCUT2D eigenvalue weighted by Gasteiger charge is 2.17. The van der Waals surface area contributed by atoms with Gasteiger partial charge in [0.15, 0.2) is 11.0 Å². The number of nitrogens with zero attached hydrogens (tertiary/aromatic N) is 6. The molecular formula is C22H20BrN7OS. The van der Waals surface area contributed by atoms with Gasteiger partial charge in [-0.1, -0.05) is 58.0 Å². The maximum Gasteiger partial charge on any atom is 0.250 e. The number of amides is 1. The van der Waals surface area contributed by atoms with Gasteiger partial charge in [0.05, 0.1) is 23.4 Å². The monoisotopic (exact) mass is 509 g/mol. The highest BCUT2D eigenvalue weighted by atomic mass is 79.9. The molecule has 2 aromatic heterocycles. The van der Waals surface area contributed by atoms with Crippen molar-refractivity contribution in [3.8, 4) is 17.1 Å². The van der Waals surface area contributed by atoms with E-state index in [0.29, 0.717) is 11.0 Å². The number of rotatable bonds is 7. The Kier molecular flexibility index (Phi) is 6.81. The molecule has 10 heteroatoms. The number of hydrogen-bond donors (Lipinski definition) is 1. The lowest BCUT2D eigenvalue weighted by Gasteiger charge is -2.10. The second-order valence-electron chi connectivity index (χ2n) is 6.90. The van der Waals surface area contributed by atoms with Gasteiger partial charge in [0.2, 0.25) is 0 Å². The van der Waals surface area contributed by atoms with Gasteiger partial charge in [-0.3, -0.25) is 14.0 Å². The van der Waals surface area contributed by atoms with Crippen molar-refractivity contribution in [2.45, 2.75) is 12.1 Å². The van der Waals surface area contributed by atoms with E-state index < -0.39 is 0 Å². The zero-order valence-electron chi connectivity index (χ0n) is 17.4. The van der Waals surface area contributed by atoms with Crippen LogP contribution in [0.3, 0.4) is 0 Å². The van der Waals surface area contributed by atoms with Gasteiger partial charge in [-0.25, -0.2) is 5.43 Å². The number of aromatic nitrogens is 5. The van der Waals surface area contributed by atoms with Crippen LogP contribution in [0.4, 0.5) is 0 Å². The second kappa shape index (κ2) is 9.92. The van der Waals surface area contributed by atoms with Crippen LogP contribution in [0.15, 0.2) is 75.4 Å². The Morgan fingerprint density at radius 3 is 2.69 bits per heavy atom. The highest BCUT2D eigenvalue weighted by Crippen LogP contribution is 2.29. The quantitative estimate of drug-likeness (QED) is 0.231. The first-order valence-corrected chi connectivity index (χ1v) is 11.5. The van der Waals surface area contributed by atoms with E-state index in [4.69, 9.17) is 0 Å². The van der Waals surface area contributed by atoms with Crippen molar-refractivity contribution in [2.75, 3.05) is 5.75 Å². The van der Waals surface area contributed by atoms with Crippen molar-refractivity contribution in [1.29, 1.82) is 0 Å². The van der Waals surface area contributed by atoms with E-state index in [2.05, 4.69) is 41.8 Å². The lowest BCUT2D eigenvalue weighted by Crippen LogP contribution is -2.20. The van der Waals surface area contributed by atoms with Crippen LogP contribution in [0.1, 0.15) is 11.4 Å². The summed E-state index contributed by atoms with van der Waals surface area (Å²) >= 11 is 4.81. The molecule has 0 saturated heterocycles. The SMILES string of the molecule is Cc1cc(C=NNC(=O)CSc2nnc(-c3cccc(Br)c3)n2-c2ccccc2)n(C)n1. The summed E-state index contributed by atoms with van der Waals surface area (Å²) in [5, 5.41) is 17.6. The molecular weight excluding hydrogens is 490 g/mol. The van der Waals surface area contributed by atoms with Crippen LogP contribution in [0, 0.1) is 6.92 Å². The van der Waals surface area contributed by atoms with Crippen LogP contribution < -0.4 is 5.43 Å². The third-order valence-electron chi connectivity index (χ3n) is 4.49. The van der Waals surface area contributed by atoms with Gasteiger partial charge in [0.25, 0.3) is 5.91 Å². The molecule has 8 nitrogen and oxygen atoms in total. The van der Waals surface area contributed by atoms with Gasteiger partial charge in [-0.15, -0.1) is 10.2 Å². The van der Waals surface area contributed by atoms with E-state index in [1.807, 2.05) is 79.2 Å². The minimum atomic E-state index is -0.239. The molecule has 0 unspecified atom stereocenters. The fourth-order valence-corrected chi connectivity index (χ4v) is 4.22. The molecule has 0 fully saturated rings. The summed E-state index contributed by atoms with van der Waals surface area (Å²) in [6, 6.07) is 19.6. The largest absolute Gasteiger partial charge is 0.272 e. The van der Waals surface area contributed by atoms with Crippen LogP contribution in [0.2, 0.25) is 0 Å². The van der Waals surface area contributed by atoms with Crippen LogP contribution in [-0.2, 0) is 11.8 Å². The van der Waals surface area contributed by atoms with Gasteiger partial charge in [-0.05, 0) is 37.3 Å². The number of carbonyl (C=O) groups is 1. The van der Waals surface area contributed by atoms with Crippen molar-refractivity contribution in [2.24, 2.45) is 12.1 Å². The number of hydrogen-bond acceptors (Lipinski definition) is 6. The molecule has 0 aliphatic carbocycles. The van der Waals surface area contributed by atoms with Gasteiger partial charge in [0.1, 0.15) is 0 Å². The van der Waals surface area contributed by atoms with Crippen LogP contribution in [-0.4, -0.2) is 42.4 Å². The lowest BCUT2D eigenvalue weighted by molar-refractivity contribution is -0.118. The number of halogens is 1. The Hall–Kier alpha value is -3.24. The summed E-state index contributed by atoms with van der Waals surface area (Å²) in [6.45, 7) is 1.90. The van der Waals surface area contributed by atoms with Crippen LogP contribution in [0.5, 0.6) is 0 Å². The molecule has 0 spiro atoms. The summed E-state index contributed by atoms with van der Waals surface area (Å²) in [7, 11) is 1.82. The van der Waals surface area contributed by atoms with Crippen molar-refractivity contribution in [3.63, 3.8) is 0 Å². The van der Waals surface area contributed by atoms with E-state index in [1.54, 1.807) is 10.9 Å². The number of carbonyl (C=O) groups excluding carboxylic acids is 1. The first-order chi connectivity index (χ1) is 15.5. The first kappa shape index (κ1) is 22.0. The lowest BCUT2D eigenvalue weighted by atomic mass is 10.2. The van der Waals surface area contributed by atoms with E-state index in [-0.39, 0.29) is 11.7 Å². The van der Waals surface area contributed by atoms with Crippen molar-refractivity contribution >= 4 is 39.8 Å². The molecule has 4 aromatic rings. The predicted molar refractivity (Wildman–Crippen MR) is 129 cm³/mol. The molecule has 2 aromatic carbocycles. The smallest absolute Gasteiger partial charge is 0.250 e. The van der Waals surface area contributed by atoms with Gasteiger partial charge >= 0.3 is 0 Å². The standard InChI is InChI=1S/C22H20BrN7OS/c1-15-11-19(29(2)28-15)13-24-25-20(31)14-32-22-27-26-21(16-7-6-8-17(23)12-16)30(22)18-9-4-3-5-10-18/h3-13H,14H2,1-2H3,(H,25,31). The summed E-state index contributed by atoms with van der Waals surface area (Å²) in [5.41, 5.74) is 6.07. The average molecular weight is 510 g/mol. The summed E-state index contributed by atoms with van der Waals surface area (Å²) < 4.78 is 4.60. The number of hydrazone groups is 1. The minimum Gasteiger partial charge on any atom is -0.272 e. The molecule has 1 amide bonds. The number of nitrogens with one attached hydrogen (secondary N) is 1. The van der Waals surface area contributed by atoms with Crippen molar-refractivity contribution in [3.05, 3.63) is 76.5 Å². The van der Waals surface area contributed by atoms with Crippen molar-refractivity contribution in [1.82, 2.24) is 30.0 Å². The Balaban J connectivity index is 1.51. The zero-order chi connectivity index (χ0) is 22.5. The fraction of sp³-hybridized carbons (Fsp3) is 0.136. The average Bonchev–Trinajstić information content (AvgIpc) is 3.35. The molecule has 0 radical (unpaired) electrons. The molecule has 0 aliphatic rings. The minimum absolute atomic E-state index is 0.144. The van der Waals surface area contributed by atoms with Crippen LogP contribution >= 0.6 is 27.7 Å². The molecule has 0 saturated carbocycles. The molecule has 0 bridgehead atoms. The molecule has 162 valence electrons. The van der Waals surface area contributed by atoms with E-state index in [1.165, 1.54) is 11.8 Å². The topological polar surface area (TPSA) is 90.0 Å². The third kappa shape index (κ3) is 5.14.